The molecule has 2 saturated heterocycles. The number of nitrogens with zero attached hydrogens (tertiary/aromatic N) is 2. The van der Waals surface area contributed by atoms with Gasteiger partial charge in [-0.05, 0) is 44.0 Å². The third-order valence-electron chi connectivity index (χ3n) is 7.23. The van der Waals surface area contributed by atoms with Crippen LogP contribution in [0.5, 0.6) is 11.5 Å². The summed E-state index contributed by atoms with van der Waals surface area (Å²) in [6.45, 7) is 4.77. The van der Waals surface area contributed by atoms with E-state index in [4.69, 9.17) is 11.6 Å². The van der Waals surface area contributed by atoms with Gasteiger partial charge < -0.3 is 30.6 Å². The van der Waals surface area contributed by atoms with E-state index < -0.39 is 35.4 Å². The van der Waals surface area contributed by atoms with Gasteiger partial charge in [-0.2, -0.15) is 0 Å². The molecule has 184 valence electrons. The molecule has 2 fully saturated rings. The van der Waals surface area contributed by atoms with Gasteiger partial charge in [0.15, 0.2) is 11.5 Å². The smallest absolute Gasteiger partial charge is 0.352 e. The molecule has 1 aromatic rings. The molecular weight excluding hydrogens is 466 g/mol. The fourth-order valence-electron chi connectivity index (χ4n) is 5.44. The van der Waals surface area contributed by atoms with E-state index in [0.29, 0.717) is 18.7 Å². The Labute approximate surface area is 201 Å². The number of phenolic OH excluding ortho intramolecular Hbond substituents is 2. The maximum atomic E-state index is 12.6. The number of nitrogens with one attached hydrogen (secondary N) is 1. The quantitative estimate of drug-likeness (QED) is 0.280. The van der Waals surface area contributed by atoms with Gasteiger partial charge >= 0.3 is 5.97 Å². The molecule has 4 rings (SSSR count). The van der Waals surface area contributed by atoms with Gasteiger partial charge in [0.1, 0.15) is 5.70 Å². The van der Waals surface area contributed by atoms with E-state index in [9.17, 15) is 34.8 Å². The van der Waals surface area contributed by atoms with E-state index in [2.05, 4.69) is 10.2 Å². The van der Waals surface area contributed by atoms with Crippen molar-refractivity contribution in [2.75, 3.05) is 19.6 Å². The van der Waals surface area contributed by atoms with Gasteiger partial charge in [-0.3, -0.25) is 14.5 Å². The summed E-state index contributed by atoms with van der Waals surface area (Å²) in [5.41, 5.74) is 0.688. The lowest BCUT2D eigenvalue weighted by Crippen LogP contribution is -2.63. The Morgan fingerprint density at radius 1 is 1.29 bits per heavy atom. The summed E-state index contributed by atoms with van der Waals surface area (Å²) >= 11 is 5.98. The summed E-state index contributed by atoms with van der Waals surface area (Å²) in [5.74, 6) is -3.82. The van der Waals surface area contributed by atoms with Crippen molar-refractivity contribution in [1.29, 1.82) is 0 Å². The normalized spacial score (nSPS) is 27.5. The van der Waals surface area contributed by atoms with Crippen LogP contribution in [0.15, 0.2) is 23.4 Å². The molecule has 5 N–H and O–H groups in total. The summed E-state index contributed by atoms with van der Waals surface area (Å²) < 4.78 is 0. The zero-order valence-corrected chi connectivity index (χ0v) is 19.6. The van der Waals surface area contributed by atoms with Crippen molar-refractivity contribution < 1.29 is 34.8 Å². The first kappa shape index (κ1) is 24.3. The lowest BCUT2D eigenvalue weighted by Gasteiger charge is -2.46. The molecule has 3 aliphatic heterocycles. The van der Waals surface area contributed by atoms with Gasteiger partial charge in [-0.15, -0.1) is 0 Å². The SMILES string of the molecule is C[C@@H](O)[C@H]1C(=O)N2C(C(=O)O)=C(CN3CCCC3CNC(=O)c3ccc(O)c(O)c3Cl)[C@H](C)[C@H]12. The Morgan fingerprint density at radius 2 is 2.00 bits per heavy atom. The number of halogens is 1. The second kappa shape index (κ2) is 9.09. The van der Waals surface area contributed by atoms with Crippen LogP contribution in [0.25, 0.3) is 0 Å². The molecule has 0 radical (unpaired) electrons. The number of aliphatic hydroxyl groups excluding tert-OH is 1. The molecule has 5 atom stereocenters. The van der Waals surface area contributed by atoms with Crippen molar-refractivity contribution in [1.82, 2.24) is 15.1 Å². The number of carboxylic acid groups (broad SMARTS) is 1. The number of carbonyl (C=O) groups is 3. The zero-order chi connectivity index (χ0) is 24.9. The van der Waals surface area contributed by atoms with E-state index in [-0.39, 0.29) is 46.7 Å². The molecule has 11 heteroatoms. The molecule has 1 unspecified atom stereocenters. The largest absolute Gasteiger partial charge is 0.504 e. The summed E-state index contributed by atoms with van der Waals surface area (Å²) in [7, 11) is 0. The van der Waals surface area contributed by atoms with Crippen molar-refractivity contribution in [2.24, 2.45) is 11.8 Å². The number of aliphatic carboxylic acids is 1. The van der Waals surface area contributed by atoms with Gasteiger partial charge in [-0.25, -0.2) is 4.79 Å². The number of β-lactam (4-membered cyclic amide) rings is 1. The molecular formula is C23H28ClN3O7. The predicted octanol–water partition coefficient (Wildman–Crippen LogP) is 1.14. The molecule has 1 aromatic carbocycles. The average Bonchev–Trinajstić information content (AvgIpc) is 3.31. The van der Waals surface area contributed by atoms with Gasteiger partial charge in [0.05, 0.1) is 28.6 Å². The summed E-state index contributed by atoms with van der Waals surface area (Å²) in [4.78, 5) is 40.6. The second-order valence-corrected chi connectivity index (χ2v) is 9.58. The number of likely N-dealkylation sites (tertiary alicyclic amines) is 1. The lowest BCUT2D eigenvalue weighted by atomic mass is 9.77. The Hall–Kier alpha value is -2.82. The van der Waals surface area contributed by atoms with Crippen LogP contribution in [-0.2, 0) is 9.59 Å². The summed E-state index contributed by atoms with van der Waals surface area (Å²) in [5, 5.41) is 41.7. The Kier molecular flexibility index (Phi) is 6.50. The number of aliphatic hydroxyl groups is 1. The van der Waals surface area contributed by atoms with Crippen LogP contribution in [0.1, 0.15) is 37.0 Å². The molecule has 3 aliphatic rings. The number of carbonyl (C=O) groups excluding carboxylic acids is 2. The van der Waals surface area contributed by atoms with Crippen molar-refractivity contribution in [3.8, 4) is 11.5 Å². The average molecular weight is 494 g/mol. The first-order chi connectivity index (χ1) is 16.0. The van der Waals surface area contributed by atoms with Crippen LogP contribution in [0, 0.1) is 11.8 Å². The molecule has 0 aromatic heterocycles. The number of fused-ring (bicyclic) bond motifs is 1. The number of amides is 2. The Morgan fingerprint density at radius 3 is 2.65 bits per heavy atom. The second-order valence-electron chi connectivity index (χ2n) is 9.20. The van der Waals surface area contributed by atoms with E-state index in [1.807, 2.05) is 6.92 Å². The fourth-order valence-corrected chi connectivity index (χ4v) is 5.69. The number of phenols is 2. The number of aromatic hydroxyl groups is 2. The van der Waals surface area contributed by atoms with Crippen molar-refractivity contribution in [3.63, 3.8) is 0 Å². The third kappa shape index (κ3) is 3.89. The van der Waals surface area contributed by atoms with Crippen LogP contribution in [0.3, 0.4) is 0 Å². The summed E-state index contributed by atoms with van der Waals surface area (Å²) in [6, 6.07) is 2.09. The maximum Gasteiger partial charge on any atom is 0.352 e. The zero-order valence-electron chi connectivity index (χ0n) is 18.9. The maximum absolute atomic E-state index is 12.6. The van der Waals surface area contributed by atoms with Crippen LogP contribution in [-0.4, -0.2) is 85.8 Å². The van der Waals surface area contributed by atoms with Gasteiger partial charge in [0.2, 0.25) is 5.91 Å². The van der Waals surface area contributed by atoms with Crippen LogP contribution in [0.2, 0.25) is 5.02 Å². The topological polar surface area (TPSA) is 151 Å². The van der Waals surface area contributed by atoms with Gasteiger partial charge in [-0.1, -0.05) is 18.5 Å². The molecule has 0 spiro atoms. The highest BCUT2D eigenvalue weighted by Crippen LogP contribution is 2.47. The number of hydrogen-bond donors (Lipinski definition) is 5. The molecule has 0 saturated carbocycles. The molecule has 10 nitrogen and oxygen atoms in total. The van der Waals surface area contributed by atoms with Gasteiger partial charge in [0.25, 0.3) is 5.91 Å². The number of rotatable bonds is 7. The predicted molar refractivity (Wildman–Crippen MR) is 121 cm³/mol. The highest BCUT2D eigenvalue weighted by molar-refractivity contribution is 6.35. The minimum atomic E-state index is -1.16. The molecule has 34 heavy (non-hydrogen) atoms. The molecule has 3 heterocycles. The van der Waals surface area contributed by atoms with E-state index in [0.717, 1.165) is 12.8 Å². The molecule has 2 amide bonds. The summed E-state index contributed by atoms with van der Waals surface area (Å²) in [6.07, 6.45) is 0.807. The number of carboxylic acids is 1. The van der Waals surface area contributed by atoms with Crippen LogP contribution < -0.4 is 5.32 Å². The first-order valence-corrected chi connectivity index (χ1v) is 11.6. The molecule has 0 bridgehead atoms. The highest BCUT2D eigenvalue weighted by Gasteiger charge is 2.59. The van der Waals surface area contributed by atoms with Crippen LogP contribution >= 0.6 is 11.6 Å². The number of hydrogen-bond acceptors (Lipinski definition) is 7. The third-order valence-corrected chi connectivity index (χ3v) is 7.61. The molecule has 0 aliphatic carbocycles. The van der Waals surface area contributed by atoms with Crippen LogP contribution in [0.4, 0.5) is 0 Å². The lowest BCUT2D eigenvalue weighted by molar-refractivity contribution is -0.163. The van der Waals surface area contributed by atoms with E-state index in [1.54, 1.807) is 6.92 Å². The van der Waals surface area contributed by atoms with Crippen molar-refractivity contribution in [2.45, 2.75) is 44.9 Å². The van der Waals surface area contributed by atoms with E-state index in [1.165, 1.54) is 17.0 Å². The highest BCUT2D eigenvalue weighted by atomic mass is 35.5. The van der Waals surface area contributed by atoms with Crippen molar-refractivity contribution in [3.05, 3.63) is 34.0 Å². The van der Waals surface area contributed by atoms with Gasteiger partial charge in [0, 0.05) is 25.0 Å². The minimum absolute atomic E-state index is 0.000404. The standard InChI is InChI=1S/C23H28ClN3O7/c1-10-14(19(23(33)34)27-18(10)16(11(2)28)22(27)32)9-26-7-3-4-12(26)8-25-21(31)13-5-6-15(29)20(30)17(13)24/h5-6,10-12,16,18,28-30H,3-4,7-9H2,1-2H3,(H,25,31)(H,33,34)/t10-,11+,12?,16+,18+/m0/s1. The monoisotopic (exact) mass is 493 g/mol. The van der Waals surface area contributed by atoms with E-state index >= 15 is 0 Å². The number of benzene rings is 1. The first-order valence-electron chi connectivity index (χ1n) is 11.2. The minimum Gasteiger partial charge on any atom is -0.504 e. The van der Waals surface area contributed by atoms with Crippen molar-refractivity contribution >= 4 is 29.4 Å². The Balaban J connectivity index is 1.47. The Bertz CT molecular complexity index is 1070. The fraction of sp³-hybridized carbons (Fsp3) is 0.522.